The summed E-state index contributed by atoms with van der Waals surface area (Å²) < 4.78 is 10.4. The lowest BCUT2D eigenvalue weighted by molar-refractivity contribution is -0.113. The zero-order valence-electron chi connectivity index (χ0n) is 15.8. The van der Waals surface area contributed by atoms with E-state index in [1.165, 1.54) is 11.8 Å². The molecule has 2 aromatic carbocycles. The van der Waals surface area contributed by atoms with Crippen molar-refractivity contribution in [3.63, 3.8) is 0 Å². The van der Waals surface area contributed by atoms with Gasteiger partial charge in [-0.1, -0.05) is 17.8 Å². The quantitative estimate of drug-likeness (QED) is 0.463. The minimum Gasteiger partial charge on any atom is -0.497 e. The summed E-state index contributed by atoms with van der Waals surface area (Å²) in [5.74, 6) is 0.300. The van der Waals surface area contributed by atoms with Crippen LogP contribution in [0.3, 0.4) is 0 Å². The smallest absolute Gasteiger partial charge is 0.338 e. The Kier molecular flexibility index (Phi) is 6.20. The van der Waals surface area contributed by atoms with Gasteiger partial charge in [-0.15, -0.1) is 0 Å². The summed E-state index contributed by atoms with van der Waals surface area (Å²) in [5.41, 5.74) is 2.59. The first-order valence-electron chi connectivity index (χ1n) is 8.72. The molecule has 0 aliphatic heterocycles. The monoisotopic (exact) mass is 399 g/mol. The largest absolute Gasteiger partial charge is 0.497 e. The van der Waals surface area contributed by atoms with Gasteiger partial charge in [0.1, 0.15) is 5.75 Å². The third-order valence-electron chi connectivity index (χ3n) is 3.73. The van der Waals surface area contributed by atoms with Crippen molar-refractivity contribution in [1.29, 1.82) is 0 Å². The number of fused-ring (bicyclic) bond motifs is 1. The van der Waals surface area contributed by atoms with Crippen molar-refractivity contribution < 1.29 is 19.1 Å². The topological polar surface area (TPSA) is 93.3 Å². The molecule has 8 heteroatoms. The summed E-state index contributed by atoms with van der Waals surface area (Å²) in [6, 6.07) is 12.2. The SMILES string of the molecule is COc1ccc2nc(SCC(=O)Nc3cccc(C(=O)OC(C)C)c3)[nH]c2c1. The van der Waals surface area contributed by atoms with Gasteiger partial charge >= 0.3 is 5.97 Å². The Morgan fingerprint density at radius 3 is 2.79 bits per heavy atom. The highest BCUT2D eigenvalue weighted by Crippen LogP contribution is 2.23. The lowest BCUT2D eigenvalue weighted by Crippen LogP contribution is -2.15. The number of esters is 1. The number of H-pyrrole nitrogens is 1. The first-order chi connectivity index (χ1) is 13.4. The van der Waals surface area contributed by atoms with Gasteiger partial charge in [-0.05, 0) is 44.2 Å². The van der Waals surface area contributed by atoms with E-state index in [1.54, 1.807) is 45.2 Å². The van der Waals surface area contributed by atoms with Crippen molar-refractivity contribution in [2.24, 2.45) is 0 Å². The van der Waals surface area contributed by atoms with Crippen LogP contribution in [0.25, 0.3) is 11.0 Å². The first kappa shape index (κ1) is 19.8. The first-order valence-corrected chi connectivity index (χ1v) is 9.70. The normalized spacial score (nSPS) is 10.9. The molecule has 28 heavy (non-hydrogen) atoms. The Balaban J connectivity index is 1.59. The van der Waals surface area contributed by atoms with Crippen molar-refractivity contribution in [1.82, 2.24) is 9.97 Å². The fourth-order valence-electron chi connectivity index (χ4n) is 2.50. The molecule has 1 heterocycles. The molecule has 0 atom stereocenters. The van der Waals surface area contributed by atoms with E-state index in [2.05, 4.69) is 15.3 Å². The minimum atomic E-state index is -0.418. The van der Waals surface area contributed by atoms with Crippen LogP contribution in [0.2, 0.25) is 0 Å². The van der Waals surface area contributed by atoms with Crippen LogP contribution in [0.1, 0.15) is 24.2 Å². The maximum absolute atomic E-state index is 12.3. The number of hydrogen-bond donors (Lipinski definition) is 2. The average Bonchev–Trinajstić information content (AvgIpc) is 3.08. The maximum atomic E-state index is 12.3. The molecule has 0 fully saturated rings. The van der Waals surface area contributed by atoms with Crippen LogP contribution in [0.15, 0.2) is 47.6 Å². The van der Waals surface area contributed by atoms with Crippen LogP contribution in [0, 0.1) is 0 Å². The van der Waals surface area contributed by atoms with Gasteiger partial charge in [0, 0.05) is 11.8 Å². The van der Waals surface area contributed by atoms with Gasteiger partial charge in [0.15, 0.2) is 5.16 Å². The number of nitrogens with one attached hydrogen (secondary N) is 2. The molecule has 0 aliphatic rings. The highest BCUT2D eigenvalue weighted by molar-refractivity contribution is 7.99. The van der Waals surface area contributed by atoms with Crippen LogP contribution in [-0.2, 0) is 9.53 Å². The van der Waals surface area contributed by atoms with Crippen LogP contribution in [-0.4, -0.2) is 40.8 Å². The molecule has 3 aromatic rings. The molecule has 0 saturated carbocycles. The Hall–Kier alpha value is -3.00. The van der Waals surface area contributed by atoms with Crippen LogP contribution >= 0.6 is 11.8 Å². The number of ether oxygens (including phenoxy) is 2. The summed E-state index contributed by atoms with van der Waals surface area (Å²) in [5, 5.41) is 3.43. The number of hydrogen-bond acceptors (Lipinski definition) is 6. The molecule has 3 rings (SSSR count). The standard InChI is InChI=1S/C20H21N3O4S/c1-12(2)27-19(25)13-5-4-6-14(9-13)21-18(24)11-28-20-22-16-8-7-15(26-3)10-17(16)23-20/h4-10,12H,11H2,1-3H3,(H,21,24)(H,22,23). The number of aromatic amines is 1. The Labute approximate surface area is 166 Å². The molecule has 1 amide bonds. The second kappa shape index (κ2) is 8.79. The lowest BCUT2D eigenvalue weighted by Gasteiger charge is -2.09. The van der Waals surface area contributed by atoms with Crippen molar-refractivity contribution in [2.75, 3.05) is 18.2 Å². The van der Waals surface area contributed by atoms with E-state index in [0.29, 0.717) is 16.4 Å². The van der Waals surface area contributed by atoms with Gasteiger partial charge < -0.3 is 19.8 Å². The second-order valence-electron chi connectivity index (χ2n) is 6.30. The van der Waals surface area contributed by atoms with Crippen LogP contribution in [0.4, 0.5) is 5.69 Å². The van der Waals surface area contributed by atoms with Gasteiger partial charge in [0.25, 0.3) is 0 Å². The molecule has 0 radical (unpaired) electrons. The number of amides is 1. The summed E-state index contributed by atoms with van der Waals surface area (Å²) in [7, 11) is 1.61. The summed E-state index contributed by atoms with van der Waals surface area (Å²) in [6.07, 6.45) is -0.203. The van der Waals surface area contributed by atoms with Gasteiger partial charge in [0.05, 0.1) is 35.6 Å². The van der Waals surface area contributed by atoms with Gasteiger partial charge in [-0.3, -0.25) is 4.79 Å². The predicted octanol–water partition coefficient (Wildman–Crippen LogP) is 3.87. The molecule has 7 nitrogen and oxygen atoms in total. The number of aromatic nitrogens is 2. The van der Waals surface area contributed by atoms with Crippen molar-refractivity contribution in [3.05, 3.63) is 48.0 Å². The summed E-state index contributed by atoms with van der Waals surface area (Å²) in [4.78, 5) is 31.8. The summed E-state index contributed by atoms with van der Waals surface area (Å²) >= 11 is 1.29. The number of methoxy groups -OCH3 is 1. The van der Waals surface area contributed by atoms with Gasteiger partial charge in [-0.25, -0.2) is 9.78 Å². The number of imidazole rings is 1. The molecule has 0 unspecified atom stereocenters. The third kappa shape index (κ3) is 5.04. The third-order valence-corrected chi connectivity index (χ3v) is 4.61. The molecule has 2 N–H and O–H groups in total. The Bertz CT molecular complexity index is 1000. The second-order valence-corrected chi connectivity index (χ2v) is 7.26. The number of benzene rings is 2. The molecule has 0 aliphatic carbocycles. The predicted molar refractivity (Wildman–Crippen MR) is 109 cm³/mol. The van der Waals surface area contributed by atoms with E-state index in [0.717, 1.165) is 16.8 Å². The van der Waals surface area contributed by atoms with E-state index in [4.69, 9.17) is 9.47 Å². The van der Waals surface area contributed by atoms with E-state index < -0.39 is 5.97 Å². The average molecular weight is 399 g/mol. The highest BCUT2D eigenvalue weighted by atomic mass is 32.2. The molecule has 1 aromatic heterocycles. The van der Waals surface area contributed by atoms with Crippen molar-refractivity contribution in [2.45, 2.75) is 25.1 Å². The van der Waals surface area contributed by atoms with Gasteiger partial charge in [-0.2, -0.15) is 0 Å². The fraction of sp³-hybridized carbons (Fsp3) is 0.250. The summed E-state index contributed by atoms with van der Waals surface area (Å²) in [6.45, 7) is 3.57. The number of rotatable bonds is 7. The van der Waals surface area contributed by atoms with E-state index >= 15 is 0 Å². The molecule has 0 saturated heterocycles. The number of carbonyl (C=O) groups excluding carboxylic acids is 2. The van der Waals surface area contributed by atoms with Crippen molar-refractivity contribution >= 4 is 40.4 Å². The maximum Gasteiger partial charge on any atom is 0.338 e. The number of nitrogens with zero attached hydrogens (tertiary/aromatic N) is 1. The number of anilines is 1. The minimum absolute atomic E-state index is 0.178. The van der Waals surface area contributed by atoms with E-state index in [1.807, 2.05) is 18.2 Å². The van der Waals surface area contributed by atoms with Crippen LogP contribution < -0.4 is 10.1 Å². The molecule has 0 spiro atoms. The van der Waals surface area contributed by atoms with Gasteiger partial charge in [0.2, 0.25) is 5.91 Å². The number of thioether (sulfide) groups is 1. The van der Waals surface area contributed by atoms with Crippen molar-refractivity contribution in [3.8, 4) is 5.75 Å². The molecular formula is C20H21N3O4S. The van der Waals surface area contributed by atoms with Crippen LogP contribution in [0.5, 0.6) is 5.75 Å². The molecule has 0 bridgehead atoms. The molecular weight excluding hydrogens is 378 g/mol. The zero-order chi connectivity index (χ0) is 20.1. The fourth-order valence-corrected chi connectivity index (χ4v) is 3.18. The number of carbonyl (C=O) groups is 2. The van der Waals surface area contributed by atoms with E-state index in [9.17, 15) is 9.59 Å². The Morgan fingerprint density at radius 2 is 2.04 bits per heavy atom. The van der Waals surface area contributed by atoms with E-state index in [-0.39, 0.29) is 17.8 Å². The Morgan fingerprint density at radius 1 is 1.21 bits per heavy atom. The zero-order valence-corrected chi connectivity index (χ0v) is 16.6. The lowest BCUT2D eigenvalue weighted by atomic mass is 10.2. The molecule has 146 valence electrons. The highest BCUT2D eigenvalue weighted by Gasteiger charge is 2.12.